The number of hydrogen-bond donors (Lipinski definition) is 2. The number of benzene rings is 1. The van der Waals surface area contributed by atoms with E-state index in [2.05, 4.69) is 5.32 Å². The van der Waals surface area contributed by atoms with Crippen molar-refractivity contribution in [3.8, 4) is 0 Å². The number of nitrogens with zero attached hydrogens (tertiary/aromatic N) is 1. The number of carbonyl (C=O) groups is 1. The lowest BCUT2D eigenvalue weighted by Crippen LogP contribution is -2.44. The van der Waals surface area contributed by atoms with Crippen molar-refractivity contribution in [2.75, 3.05) is 31.9 Å². The van der Waals surface area contributed by atoms with E-state index in [1.807, 2.05) is 4.90 Å². The van der Waals surface area contributed by atoms with Gasteiger partial charge < -0.3 is 16.0 Å². The van der Waals surface area contributed by atoms with Crippen molar-refractivity contribution in [3.05, 3.63) is 28.8 Å². The summed E-state index contributed by atoms with van der Waals surface area (Å²) in [5, 5.41) is 3.88. The average Bonchev–Trinajstić information content (AvgIpc) is 2.87. The smallest absolute Gasteiger partial charge is 0.255 e. The van der Waals surface area contributed by atoms with Gasteiger partial charge in [0.05, 0.1) is 10.6 Å². The third-order valence-corrected chi connectivity index (χ3v) is 4.98. The minimum Gasteiger partial charge on any atom is -0.399 e. The number of nitrogens with one attached hydrogen (secondary N) is 1. The topological polar surface area (TPSA) is 58.4 Å². The number of amides is 1. The highest BCUT2D eigenvalue weighted by molar-refractivity contribution is 6.34. The van der Waals surface area contributed by atoms with Crippen LogP contribution in [-0.4, -0.2) is 37.0 Å². The minimum absolute atomic E-state index is 0.0239. The van der Waals surface area contributed by atoms with E-state index in [1.165, 1.54) is 6.42 Å². The van der Waals surface area contributed by atoms with Crippen molar-refractivity contribution in [1.82, 2.24) is 10.2 Å². The number of carbonyl (C=O) groups excluding carboxylic acids is 1. The summed E-state index contributed by atoms with van der Waals surface area (Å²) in [4.78, 5) is 14.4. The maximum Gasteiger partial charge on any atom is 0.255 e. The van der Waals surface area contributed by atoms with Crippen LogP contribution >= 0.6 is 11.6 Å². The molecular weight excluding hydrogens is 274 g/mol. The third-order valence-electron chi connectivity index (χ3n) is 4.67. The SMILES string of the molecule is Nc1ccc(C(=O)N2CCC3(CCNC3)CC2)c(Cl)c1. The number of halogens is 1. The van der Waals surface area contributed by atoms with E-state index in [0.717, 1.165) is 39.0 Å². The number of piperidine rings is 1. The van der Waals surface area contributed by atoms with E-state index in [-0.39, 0.29) is 5.91 Å². The molecule has 1 spiro atoms. The Morgan fingerprint density at radius 3 is 2.65 bits per heavy atom. The fourth-order valence-electron chi connectivity index (χ4n) is 3.28. The second-order valence-electron chi connectivity index (χ2n) is 5.96. The fraction of sp³-hybridized carbons (Fsp3) is 0.533. The Morgan fingerprint density at radius 1 is 1.30 bits per heavy atom. The summed E-state index contributed by atoms with van der Waals surface area (Å²) >= 11 is 6.13. The van der Waals surface area contributed by atoms with Crippen LogP contribution in [0.25, 0.3) is 0 Å². The van der Waals surface area contributed by atoms with Crippen LogP contribution in [0.2, 0.25) is 5.02 Å². The van der Waals surface area contributed by atoms with Crippen LogP contribution < -0.4 is 11.1 Å². The van der Waals surface area contributed by atoms with Crippen LogP contribution in [0.5, 0.6) is 0 Å². The molecule has 4 nitrogen and oxygen atoms in total. The lowest BCUT2D eigenvalue weighted by atomic mass is 9.78. The molecule has 3 rings (SSSR count). The van der Waals surface area contributed by atoms with Crippen LogP contribution in [0.4, 0.5) is 5.69 Å². The zero-order valence-electron chi connectivity index (χ0n) is 11.5. The summed E-state index contributed by atoms with van der Waals surface area (Å²) in [6.07, 6.45) is 3.40. The molecule has 0 saturated carbocycles. The van der Waals surface area contributed by atoms with Gasteiger partial charge in [-0.05, 0) is 49.4 Å². The van der Waals surface area contributed by atoms with Crippen molar-refractivity contribution in [2.45, 2.75) is 19.3 Å². The van der Waals surface area contributed by atoms with Crippen molar-refractivity contribution in [2.24, 2.45) is 5.41 Å². The Labute approximate surface area is 124 Å². The molecule has 1 aromatic carbocycles. The molecule has 2 saturated heterocycles. The van der Waals surface area contributed by atoms with Gasteiger partial charge in [-0.2, -0.15) is 0 Å². The summed E-state index contributed by atoms with van der Waals surface area (Å²) in [7, 11) is 0. The molecule has 0 unspecified atom stereocenters. The molecule has 0 aliphatic carbocycles. The van der Waals surface area contributed by atoms with Gasteiger partial charge in [-0.3, -0.25) is 4.79 Å². The molecule has 0 atom stereocenters. The van der Waals surface area contributed by atoms with Crippen molar-refractivity contribution >= 4 is 23.2 Å². The highest BCUT2D eigenvalue weighted by Crippen LogP contribution is 2.37. The number of nitrogen functional groups attached to an aromatic ring is 1. The van der Waals surface area contributed by atoms with Gasteiger partial charge >= 0.3 is 0 Å². The first-order chi connectivity index (χ1) is 9.60. The van der Waals surface area contributed by atoms with Gasteiger partial charge in [0, 0.05) is 25.3 Å². The average molecular weight is 294 g/mol. The molecule has 2 aliphatic rings. The van der Waals surface area contributed by atoms with E-state index >= 15 is 0 Å². The molecule has 2 fully saturated rings. The van der Waals surface area contributed by atoms with Crippen LogP contribution in [0.3, 0.4) is 0 Å². The predicted molar refractivity (Wildman–Crippen MR) is 80.9 cm³/mol. The van der Waals surface area contributed by atoms with Gasteiger partial charge in [-0.25, -0.2) is 0 Å². The van der Waals surface area contributed by atoms with Crippen molar-refractivity contribution < 1.29 is 4.79 Å². The Hall–Kier alpha value is -1.26. The number of likely N-dealkylation sites (tertiary alicyclic amines) is 1. The molecular formula is C15H20ClN3O. The Kier molecular flexibility index (Phi) is 3.61. The maximum atomic E-state index is 12.5. The summed E-state index contributed by atoms with van der Waals surface area (Å²) in [6, 6.07) is 5.09. The minimum atomic E-state index is 0.0239. The Balaban J connectivity index is 1.69. The fourth-order valence-corrected chi connectivity index (χ4v) is 3.55. The first-order valence-corrected chi connectivity index (χ1v) is 7.53. The summed E-state index contributed by atoms with van der Waals surface area (Å²) in [5.41, 5.74) is 7.23. The molecule has 2 aliphatic heterocycles. The zero-order valence-corrected chi connectivity index (χ0v) is 12.2. The molecule has 5 heteroatoms. The van der Waals surface area contributed by atoms with Crippen molar-refractivity contribution in [3.63, 3.8) is 0 Å². The first-order valence-electron chi connectivity index (χ1n) is 7.15. The standard InChI is InChI=1S/C15H20ClN3O/c16-13-9-11(17)1-2-12(13)14(20)19-7-4-15(5-8-19)3-6-18-10-15/h1-2,9,18H,3-8,10,17H2. The number of anilines is 1. The second kappa shape index (κ2) is 5.26. The van der Waals surface area contributed by atoms with E-state index in [1.54, 1.807) is 18.2 Å². The third kappa shape index (κ3) is 2.50. The number of rotatable bonds is 1. The Morgan fingerprint density at radius 2 is 2.05 bits per heavy atom. The van der Waals surface area contributed by atoms with E-state index in [0.29, 0.717) is 21.7 Å². The monoisotopic (exact) mass is 293 g/mol. The molecule has 0 aromatic heterocycles. The first kappa shape index (κ1) is 13.7. The molecule has 2 heterocycles. The van der Waals surface area contributed by atoms with E-state index in [4.69, 9.17) is 17.3 Å². The molecule has 20 heavy (non-hydrogen) atoms. The summed E-state index contributed by atoms with van der Waals surface area (Å²) < 4.78 is 0. The molecule has 0 radical (unpaired) electrons. The zero-order chi connectivity index (χ0) is 14.2. The maximum absolute atomic E-state index is 12.5. The van der Waals surface area contributed by atoms with E-state index in [9.17, 15) is 4.79 Å². The van der Waals surface area contributed by atoms with Crippen LogP contribution in [0.15, 0.2) is 18.2 Å². The summed E-state index contributed by atoms with van der Waals surface area (Å²) in [6.45, 7) is 3.85. The molecule has 0 bridgehead atoms. The van der Waals surface area contributed by atoms with Gasteiger partial charge in [0.15, 0.2) is 0 Å². The van der Waals surface area contributed by atoms with Gasteiger partial charge in [0.1, 0.15) is 0 Å². The number of hydrogen-bond acceptors (Lipinski definition) is 3. The Bertz CT molecular complexity index is 516. The lowest BCUT2D eigenvalue weighted by molar-refractivity contribution is 0.0608. The molecule has 3 N–H and O–H groups in total. The van der Waals surface area contributed by atoms with E-state index < -0.39 is 0 Å². The van der Waals surface area contributed by atoms with Crippen LogP contribution in [-0.2, 0) is 0 Å². The van der Waals surface area contributed by atoms with Crippen LogP contribution in [0, 0.1) is 5.41 Å². The molecule has 108 valence electrons. The largest absolute Gasteiger partial charge is 0.399 e. The van der Waals surface area contributed by atoms with Crippen molar-refractivity contribution in [1.29, 1.82) is 0 Å². The predicted octanol–water partition coefficient (Wildman–Crippen LogP) is 2.14. The molecule has 1 amide bonds. The summed E-state index contributed by atoms with van der Waals surface area (Å²) in [5.74, 6) is 0.0239. The van der Waals surface area contributed by atoms with Gasteiger partial charge in [0.2, 0.25) is 0 Å². The lowest BCUT2D eigenvalue weighted by Gasteiger charge is -2.39. The van der Waals surface area contributed by atoms with Gasteiger partial charge in [0.25, 0.3) is 5.91 Å². The highest BCUT2D eigenvalue weighted by atomic mass is 35.5. The normalized spacial score (nSPS) is 21.4. The molecule has 1 aromatic rings. The number of nitrogens with two attached hydrogens (primary N) is 1. The van der Waals surface area contributed by atoms with Gasteiger partial charge in [-0.15, -0.1) is 0 Å². The highest BCUT2D eigenvalue weighted by Gasteiger charge is 2.38. The quantitative estimate of drug-likeness (QED) is 0.780. The van der Waals surface area contributed by atoms with Gasteiger partial charge in [-0.1, -0.05) is 11.6 Å². The second-order valence-corrected chi connectivity index (χ2v) is 6.37. The van der Waals surface area contributed by atoms with Crippen LogP contribution in [0.1, 0.15) is 29.6 Å².